The average molecular weight is 400 g/mol. The number of carbonyl (C=O) groups is 1. The Hall–Kier alpha value is -2.41. The quantitative estimate of drug-likeness (QED) is 0.791. The molecule has 28 heavy (non-hydrogen) atoms. The van der Waals surface area contributed by atoms with Crippen molar-refractivity contribution in [3.63, 3.8) is 0 Å². The van der Waals surface area contributed by atoms with Gasteiger partial charge in [0.25, 0.3) is 0 Å². The van der Waals surface area contributed by atoms with Gasteiger partial charge >= 0.3 is 0 Å². The van der Waals surface area contributed by atoms with Crippen LogP contribution in [0, 0.1) is 0 Å². The van der Waals surface area contributed by atoms with Crippen molar-refractivity contribution in [1.82, 2.24) is 9.88 Å². The van der Waals surface area contributed by atoms with Crippen LogP contribution in [0.25, 0.3) is 0 Å². The predicted octanol–water partition coefficient (Wildman–Crippen LogP) is 2.35. The van der Waals surface area contributed by atoms with Crippen LogP contribution in [0.2, 0.25) is 0 Å². The van der Waals surface area contributed by atoms with Gasteiger partial charge in [-0.25, -0.2) is 8.42 Å². The van der Waals surface area contributed by atoms with Crippen LogP contribution in [0.3, 0.4) is 0 Å². The number of carbonyl (C=O) groups excluding carboxylic acids is 1. The number of para-hydroxylation sites is 1. The third-order valence-corrected chi connectivity index (χ3v) is 7.75. The molecule has 0 N–H and O–H groups in total. The van der Waals surface area contributed by atoms with E-state index in [2.05, 4.69) is 4.98 Å². The smallest absolute Gasteiger partial charge is 0.234 e. The number of likely N-dealkylation sites (tertiary alicyclic amines) is 1. The largest absolute Gasteiger partial charge is 0.342 e. The van der Waals surface area contributed by atoms with Crippen molar-refractivity contribution in [2.75, 3.05) is 29.7 Å². The first-order chi connectivity index (χ1) is 13.5. The van der Waals surface area contributed by atoms with Gasteiger partial charge in [0.15, 0.2) is 0 Å². The Morgan fingerprint density at radius 3 is 2.50 bits per heavy atom. The van der Waals surface area contributed by atoms with Crippen molar-refractivity contribution >= 4 is 21.6 Å². The highest BCUT2D eigenvalue weighted by atomic mass is 32.2. The summed E-state index contributed by atoms with van der Waals surface area (Å²) in [7, 11) is -3.31. The Bertz CT molecular complexity index is 967. The molecule has 0 aliphatic carbocycles. The number of pyridine rings is 1. The predicted molar refractivity (Wildman–Crippen MR) is 109 cm³/mol. The zero-order valence-corrected chi connectivity index (χ0v) is 16.9. The standard InChI is InChI=1S/C21H25N3O3S/c1-2-28(26,27)24-16-21(18-8-3-4-9-19(18)24)10-13-23(14-11-21)20(25)15-17-7-5-6-12-22-17/h3-9,12H,2,10-11,13-16H2,1H3. The van der Waals surface area contributed by atoms with Gasteiger partial charge in [-0.2, -0.15) is 0 Å². The molecule has 0 atom stereocenters. The van der Waals surface area contributed by atoms with Crippen LogP contribution in [0.1, 0.15) is 31.0 Å². The summed E-state index contributed by atoms with van der Waals surface area (Å²) in [6.45, 7) is 3.44. The summed E-state index contributed by atoms with van der Waals surface area (Å²) in [6.07, 6.45) is 3.55. The van der Waals surface area contributed by atoms with Gasteiger partial charge in [0.1, 0.15) is 0 Å². The normalized spacial score (nSPS) is 18.3. The average Bonchev–Trinajstić information content (AvgIpc) is 3.04. The number of sulfonamides is 1. The fourth-order valence-electron chi connectivity index (χ4n) is 4.37. The van der Waals surface area contributed by atoms with Crippen molar-refractivity contribution in [3.8, 4) is 0 Å². The van der Waals surface area contributed by atoms with E-state index in [1.165, 1.54) is 0 Å². The number of rotatable bonds is 4. The summed E-state index contributed by atoms with van der Waals surface area (Å²) in [5.41, 5.74) is 2.47. The molecule has 2 aliphatic heterocycles. The number of anilines is 1. The minimum Gasteiger partial charge on any atom is -0.342 e. The molecule has 1 saturated heterocycles. The molecule has 0 radical (unpaired) electrons. The van der Waals surface area contributed by atoms with Crippen LogP contribution in [-0.2, 0) is 26.7 Å². The Labute approximate surface area is 166 Å². The van der Waals surface area contributed by atoms with E-state index in [0.717, 1.165) is 29.8 Å². The van der Waals surface area contributed by atoms with Gasteiger partial charge in [-0.15, -0.1) is 0 Å². The highest BCUT2D eigenvalue weighted by Crippen LogP contribution is 2.48. The molecule has 4 rings (SSSR count). The van der Waals surface area contributed by atoms with Crippen LogP contribution in [0.4, 0.5) is 5.69 Å². The fourth-order valence-corrected chi connectivity index (χ4v) is 5.58. The lowest BCUT2D eigenvalue weighted by Crippen LogP contribution is -2.48. The van der Waals surface area contributed by atoms with Gasteiger partial charge in [0.2, 0.25) is 15.9 Å². The Kier molecular flexibility index (Phi) is 4.87. The monoisotopic (exact) mass is 399 g/mol. The number of fused-ring (bicyclic) bond motifs is 2. The molecular formula is C21H25N3O3S. The molecule has 148 valence electrons. The maximum atomic E-state index is 12.7. The van der Waals surface area contributed by atoms with Gasteiger partial charge in [-0.1, -0.05) is 24.3 Å². The molecule has 0 unspecified atom stereocenters. The molecule has 2 aliphatic rings. The van der Waals surface area contributed by atoms with E-state index in [0.29, 0.717) is 26.1 Å². The lowest BCUT2D eigenvalue weighted by atomic mass is 9.74. The number of nitrogens with zero attached hydrogens (tertiary/aromatic N) is 3. The van der Waals surface area contributed by atoms with Crippen molar-refractivity contribution in [3.05, 3.63) is 59.9 Å². The van der Waals surface area contributed by atoms with Crippen molar-refractivity contribution < 1.29 is 13.2 Å². The van der Waals surface area contributed by atoms with E-state index in [4.69, 9.17) is 0 Å². The summed E-state index contributed by atoms with van der Waals surface area (Å²) >= 11 is 0. The lowest BCUT2D eigenvalue weighted by molar-refractivity contribution is -0.132. The second-order valence-electron chi connectivity index (χ2n) is 7.58. The third-order valence-electron chi connectivity index (χ3n) is 6.02. The van der Waals surface area contributed by atoms with Gasteiger partial charge in [-0.05, 0) is 43.5 Å². The van der Waals surface area contributed by atoms with E-state index in [-0.39, 0.29) is 17.1 Å². The van der Waals surface area contributed by atoms with E-state index in [9.17, 15) is 13.2 Å². The van der Waals surface area contributed by atoms with Crippen molar-refractivity contribution in [2.45, 2.75) is 31.6 Å². The molecule has 3 heterocycles. The van der Waals surface area contributed by atoms with Crippen molar-refractivity contribution in [1.29, 1.82) is 0 Å². The highest BCUT2D eigenvalue weighted by molar-refractivity contribution is 7.92. The zero-order valence-electron chi connectivity index (χ0n) is 16.0. The van der Waals surface area contributed by atoms with Crippen molar-refractivity contribution in [2.24, 2.45) is 0 Å². The molecule has 1 aromatic heterocycles. The second-order valence-corrected chi connectivity index (χ2v) is 9.77. The van der Waals surface area contributed by atoms with E-state index < -0.39 is 10.0 Å². The van der Waals surface area contributed by atoms with E-state index in [1.807, 2.05) is 47.4 Å². The zero-order chi connectivity index (χ0) is 19.8. The molecule has 1 spiro atoms. The maximum Gasteiger partial charge on any atom is 0.234 e. The van der Waals surface area contributed by atoms with E-state index in [1.54, 1.807) is 17.4 Å². The van der Waals surface area contributed by atoms with Crippen LogP contribution in [-0.4, -0.2) is 49.6 Å². The minimum absolute atomic E-state index is 0.0814. The number of aromatic nitrogens is 1. The third kappa shape index (κ3) is 3.28. The number of hydrogen-bond donors (Lipinski definition) is 0. The summed E-state index contributed by atoms with van der Waals surface area (Å²) in [6, 6.07) is 13.4. The van der Waals surface area contributed by atoms with Crippen LogP contribution in [0.15, 0.2) is 48.7 Å². The maximum absolute atomic E-state index is 12.7. The first-order valence-electron chi connectivity index (χ1n) is 9.73. The molecule has 7 heteroatoms. The molecule has 6 nitrogen and oxygen atoms in total. The van der Waals surface area contributed by atoms with Crippen LogP contribution >= 0.6 is 0 Å². The van der Waals surface area contributed by atoms with Crippen LogP contribution in [0.5, 0.6) is 0 Å². The molecular weight excluding hydrogens is 374 g/mol. The lowest BCUT2D eigenvalue weighted by Gasteiger charge is -2.40. The summed E-state index contributed by atoms with van der Waals surface area (Å²) in [5.74, 6) is 0.171. The van der Waals surface area contributed by atoms with Gasteiger partial charge in [-0.3, -0.25) is 14.1 Å². The molecule has 0 bridgehead atoms. The Morgan fingerprint density at radius 1 is 1.11 bits per heavy atom. The molecule has 1 fully saturated rings. The first-order valence-corrected chi connectivity index (χ1v) is 11.3. The minimum atomic E-state index is -3.31. The fraction of sp³-hybridized carbons (Fsp3) is 0.429. The van der Waals surface area contributed by atoms with Gasteiger partial charge in [0, 0.05) is 36.9 Å². The molecule has 1 aromatic carbocycles. The Morgan fingerprint density at radius 2 is 1.82 bits per heavy atom. The summed E-state index contributed by atoms with van der Waals surface area (Å²) in [4.78, 5) is 18.8. The highest BCUT2D eigenvalue weighted by Gasteiger charge is 2.47. The number of piperidine rings is 1. The van der Waals surface area contributed by atoms with Gasteiger partial charge < -0.3 is 4.90 Å². The number of hydrogen-bond acceptors (Lipinski definition) is 4. The summed E-state index contributed by atoms with van der Waals surface area (Å²) in [5, 5.41) is 0. The number of benzene rings is 1. The van der Waals surface area contributed by atoms with Crippen LogP contribution < -0.4 is 4.31 Å². The molecule has 0 saturated carbocycles. The summed E-state index contributed by atoms with van der Waals surface area (Å²) < 4.78 is 26.8. The Balaban J connectivity index is 1.52. The SMILES string of the molecule is CCS(=O)(=O)N1CC2(CCN(C(=O)Cc3ccccn3)CC2)c2ccccc21. The first kappa shape index (κ1) is 18.9. The molecule has 1 amide bonds. The van der Waals surface area contributed by atoms with Gasteiger partial charge in [0.05, 0.1) is 17.9 Å². The molecule has 2 aromatic rings. The van der Waals surface area contributed by atoms with E-state index >= 15 is 0 Å². The topological polar surface area (TPSA) is 70.6 Å². The number of amides is 1. The second kappa shape index (κ2) is 7.20.